The molecule has 0 aromatic rings. The lowest BCUT2D eigenvalue weighted by molar-refractivity contribution is 0.779. The van der Waals surface area contributed by atoms with Crippen LogP contribution >= 0.6 is 11.1 Å². The van der Waals surface area contributed by atoms with Crippen LogP contribution in [0, 0.1) is 5.92 Å². The Bertz CT molecular complexity index is 210. The number of hydrogen-bond acceptors (Lipinski definition) is 0. The van der Waals surface area contributed by atoms with E-state index in [1.807, 2.05) is 0 Å². The van der Waals surface area contributed by atoms with Crippen molar-refractivity contribution >= 4 is 18.5 Å². The monoisotopic (exact) mass is 200 g/mol. The van der Waals surface area contributed by atoms with Crippen LogP contribution in [-0.4, -0.2) is 7.38 Å². The molecule has 0 aromatic carbocycles. The Labute approximate surface area is 81.0 Å². The third kappa shape index (κ3) is 3.16. The van der Waals surface area contributed by atoms with Crippen LogP contribution in [0.25, 0.3) is 0 Å². The van der Waals surface area contributed by atoms with Crippen molar-refractivity contribution in [1.29, 1.82) is 0 Å². The van der Waals surface area contributed by atoms with E-state index in [9.17, 15) is 0 Å². The second-order valence-electron chi connectivity index (χ2n) is 4.17. The fourth-order valence-corrected chi connectivity index (χ4v) is 4.07. The quantitative estimate of drug-likeness (QED) is 0.478. The van der Waals surface area contributed by atoms with Gasteiger partial charge in [0.1, 0.15) is 0 Å². The molecule has 1 aliphatic rings. The molecule has 0 nitrogen and oxygen atoms in total. The van der Waals surface area contributed by atoms with Gasteiger partial charge >= 0.3 is 0 Å². The van der Waals surface area contributed by atoms with Crippen molar-refractivity contribution in [3.8, 4) is 0 Å². The molecule has 2 heteroatoms. The number of allylic oxidation sites excluding steroid dienone is 4. The molecule has 1 atom stereocenters. The van der Waals surface area contributed by atoms with Crippen LogP contribution in [0.15, 0.2) is 23.8 Å². The summed E-state index contributed by atoms with van der Waals surface area (Å²) in [5.41, 5.74) is 1.48. The molecule has 0 heterocycles. The van der Waals surface area contributed by atoms with E-state index in [1.165, 1.54) is 11.6 Å². The van der Waals surface area contributed by atoms with Gasteiger partial charge in [0.25, 0.3) is 0 Å². The second-order valence-corrected chi connectivity index (χ2v) is 11.1. The maximum absolute atomic E-state index is 6.29. The van der Waals surface area contributed by atoms with Crippen molar-refractivity contribution in [2.75, 3.05) is 0 Å². The lowest BCUT2D eigenvalue weighted by atomic mass is 10.1. The van der Waals surface area contributed by atoms with Crippen LogP contribution in [0.5, 0.6) is 0 Å². The van der Waals surface area contributed by atoms with Gasteiger partial charge in [-0.05, 0) is 24.0 Å². The van der Waals surface area contributed by atoms with Crippen LogP contribution < -0.4 is 0 Å². The summed E-state index contributed by atoms with van der Waals surface area (Å²) in [5.74, 6) is 0.655. The van der Waals surface area contributed by atoms with E-state index in [-0.39, 0.29) is 0 Å². The molecular formula is C10H17ClSi. The van der Waals surface area contributed by atoms with Crippen molar-refractivity contribution in [3.05, 3.63) is 23.8 Å². The molecule has 1 rings (SSSR count). The summed E-state index contributed by atoms with van der Waals surface area (Å²) in [6, 6.07) is 1.19. The number of halogens is 1. The molecule has 0 bridgehead atoms. The summed E-state index contributed by atoms with van der Waals surface area (Å²) < 4.78 is 0. The molecule has 1 aliphatic carbocycles. The summed E-state index contributed by atoms with van der Waals surface area (Å²) in [4.78, 5) is 0. The van der Waals surface area contributed by atoms with Gasteiger partial charge in [0.05, 0.1) is 0 Å². The van der Waals surface area contributed by atoms with E-state index >= 15 is 0 Å². The van der Waals surface area contributed by atoms with E-state index in [0.29, 0.717) is 5.92 Å². The normalized spacial score (nSPS) is 19.5. The minimum absolute atomic E-state index is 0.655. The molecule has 0 N–H and O–H groups in total. The fraction of sp³-hybridized carbons (Fsp3) is 0.600. The van der Waals surface area contributed by atoms with Crippen LogP contribution in [0.2, 0.25) is 19.1 Å². The zero-order valence-corrected chi connectivity index (χ0v) is 9.86. The van der Waals surface area contributed by atoms with Crippen molar-refractivity contribution in [2.45, 2.75) is 32.5 Å². The average Bonchev–Trinajstić information content (AvgIpc) is 2.32. The zero-order chi connectivity index (χ0) is 9.19. The lowest BCUT2D eigenvalue weighted by Gasteiger charge is -2.19. The van der Waals surface area contributed by atoms with Gasteiger partial charge < -0.3 is 0 Å². The van der Waals surface area contributed by atoms with Crippen LogP contribution in [0.1, 0.15) is 13.3 Å². The third-order valence-electron chi connectivity index (χ3n) is 2.16. The Morgan fingerprint density at radius 3 is 2.67 bits per heavy atom. The SMILES string of the molecule is CC(C[Si](C)(C)Cl)C1=CCC=C1. The fourth-order valence-electron chi connectivity index (χ4n) is 1.69. The van der Waals surface area contributed by atoms with Gasteiger partial charge in [-0.2, -0.15) is 11.1 Å². The zero-order valence-electron chi connectivity index (χ0n) is 8.10. The van der Waals surface area contributed by atoms with Gasteiger partial charge in [-0.3, -0.25) is 0 Å². The predicted octanol–water partition coefficient (Wildman–Crippen LogP) is 3.95. The highest BCUT2D eigenvalue weighted by atomic mass is 35.6. The van der Waals surface area contributed by atoms with Gasteiger partial charge in [0.2, 0.25) is 0 Å². The molecule has 0 aromatic heterocycles. The van der Waals surface area contributed by atoms with E-state index in [2.05, 4.69) is 38.2 Å². The molecular weight excluding hydrogens is 184 g/mol. The van der Waals surface area contributed by atoms with E-state index in [0.717, 1.165) is 6.42 Å². The molecule has 0 amide bonds. The lowest BCUT2D eigenvalue weighted by Crippen LogP contribution is -2.20. The van der Waals surface area contributed by atoms with Gasteiger partial charge in [-0.1, -0.05) is 38.2 Å². The Hall–Kier alpha value is -0.0131. The maximum atomic E-state index is 6.29. The molecule has 0 radical (unpaired) electrons. The highest BCUT2D eigenvalue weighted by molar-refractivity contribution is 7.19. The molecule has 0 fully saturated rings. The molecule has 12 heavy (non-hydrogen) atoms. The van der Waals surface area contributed by atoms with Gasteiger partial charge in [0, 0.05) is 0 Å². The highest BCUT2D eigenvalue weighted by Crippen LogP contribution is 2.28. The van der Waals surface area contributed by atoms with Crippen LogP contribution in [-0.2, 0) is 0 Å². The molecule has 0 aliphatic heterocycles. The van der Waals surface area contributed by atoms with E-state index in [4.69, 9.17) is 11.1 Å². The summed E-state index contributed by atoms with van der Waals surface area (Å²) in [7, 11) is -1.39. The minimum atomic E-state index is -1.39. The van der Waals surface area contributed by atoms with E-state index in [1.54, 1.807) is 0 Å². The highest BCUT2D eigenvalue weighted by Gasteiger charge is 2.22. The Kier molecular flexibility index (Phi) is 3.19. The minimum Gasteiger partial charge on any atom is -0.168 e. The summed E-state index contributed by atoms with van der Waals surface area (Å²) in [5, 5.41) is 0. The first-order valence-electron chi connectivity index (χ1n) is 4.54. The predicted molar refractivity (Wildman–Crippen MR) is 59.1 cm³/mol. The van der Waals surface area contributed by atoms with Crippen molar-refractivity contribution < 1.29 is 0 Å². The smallest absolute Gasteiger partial charge is 0.151 e. The summed E-state index contributed by atoms with van der Waals surface area (Å²) >= 11 is 6.29. The van der Waals surface area contributed by atoms with Crippen molar-refractivity contribution in [1.82, 2.24) is 0 Å². The first-order chi connectivity index (χ1) is 5.49. The number of rotatable bonds is 3. The van der Waals surface area contributed by atoms with Gasteiger partial charge in [-0.25, -0.2) is 0 Å². The molecule has 1 unspecified atom stereocenters. The first kappa shape index (κ1) is 10.1. The maximum Gasteiger partial charge on any atom is 0.151 e. The molecule has 0 saturated carbocycles. The van der Waals surface area contributed by atoms with Gasteiger partial charge in [-0.15, -0.1) is 0 Å². The Morgan fingerprint density at radius 1 is 1.58 bits per heavy atom. The molecule has 0 spiro atoms. The largest absolute Gasteiger partial charge is 0.168 e. The van der Waals surface area contributed by atoms with Crippen molar-refractivity contribution in [2.24, 2.45) is 5.92 Å². The van der Waals surface area contributed by atoms with Gasteiger partial charge in [0.15, 0.2) is 7.38 Å². The number of hydrogen-bond donors (Lipinski definition) is 0. The second kappa shape index (κ2) is 3.80. The Balaban J connectivity index is 2.48. The van der Waals surface area contributed by atoms with Crippen LogP contribution in [0.3, 0.4) is 0 Å². The summed E-state index contributed by atoms with van der Waals surface area (Å²) in [6.07, 6.45) is 7.88. The first-order valence-corrected chi connectivity index (χ1v) is 8.76. The van der Waals surface area contributed by atoms with Crippen molar-refractivity contribution in [3.63, 3.8) is 0 Å². The third-order valence-corrected chi connectivity index (χ3v) is 4.21. The van der Waals surface area contributed by atoms with Crippen LogP contribution in [0.4, 0.5) is 0 Å². The van der Waals surface area contributed by atoms with E-state index < -0.39 is 7.38 Å². The standard InChI is InChI=1S/C10H17ClSi/c1-9(8-12(2,3)11)10-6-4-5-7-10/h4,6-7,9H,5,8H2,1-3H3. The molecule has 0 saturated heterocycles. The average molecular weight is 201 g/mol. The molecule has 68 valence electrons. The Morgan fingerprint density at radius 2 is 2.25 bits per heavy atom. The summed E-state index contributed by atoms with van der Waals surface area (Å²) in [6.45, 7) is 6.70. The topological polar surface area (TPSA) is 0 Å².